The molecular weight excluding hydrogens is 468 g/mol. The van der Waals surface area contributed by atoms with Crippen LogP contribution in [-0.2, 0) is 0 Å². The van der Waals surface area contributed by atoms with Crippen LogP contribution in [0, 0.1) is 6.92 Å². The van der Waals surface area contributed by atoms with Crippen LogP contribution < -0.4 is 14.4 Å². The Morgan fingerprint density at radius 3 is 2.57 bits per heavy atom. The fraction of sp³-hybridized carbons (Fsp3) is 0.214. The Hall–Kier alpha value is -4.66. The van der Waals surface area contributed by atoms with Gasteiger partial charge in [0.25, 0.3) is 5.91 Å². The quantitative estimate of drug-likeness (QED) is 0.377. The molecule has 9 heteroatoms. The Labute approximate surface area is 212 Å². The Kier molecular flexibility index (Phi) is 4.95. The molecule has 0 aliphatic carbocycles. The van der Waals surface area contributed by atoms with Crippen LogP contribution in [0.3, 0.4) is 0 Å². The van der Waals surface area contributed by atoms with E-state index in [1.165, 1.54) is 0 Å². The van der Waals surface area contributed by atoms with Crippen molar-refractivity contribution in [3.8, 4) is 22.9 Å². The number of amides is 1. The SMILES string of the molecule is Cc1cccc(-c2nnc3c4ccccc4nc(N4CCN(C(=O)c5ccc6c(c5)OCO6)CC4)n23)c1. The molecule has 0 radical (unpaired) electrons. The second kappa shape index (κ2) is 8.48. The molecule has 2 aromatic heterocycles. The number of piperazine rings is 1. The highest BCUT2D eigenvalue weighted by Crippen LogP contribution is 2.33. The third-order valence-corrected chi connectivity index (χ3v) is 6.97. The Bertz CT molecular complexity index is 1670. The highest BCUT2D eigenvalue weighted by Gasteiger charge is 2.27. The zero-order valence-corrected chi connectivity index (χ0v) is 20.3. The Morgan fingerprint density at radius 2 is 1.70 bits per heavy atom. The normalized spacial score (nSPS) is 15.1. The molecule has 0 unspecified atom stereocenters. The van der Waals surface area contributed by atoms with Crippen LogP contribution >= 0.6 is 0 Å². The van der Waals surface area contributed by atoms with Crippen molar-refractivity contribution in [3.63, 3.8) is 0 Å². The number of carbonyl (C=O) groups is 1. The van der Waals surface area contributed by atoms with E-state index in [1.54, 1.807) is 18.2 Å². The van der Waals surface area contributed by atoms with Crippen LogP contribution in [0.25, 0.3) is 27.9 Å². The number of carbonyl (C=O) groups excluding carboxylic acids is 1. The van der Waals surface area contributed by atoms with Crippen LogP contribution in [-0.4, -0.2) is 63.4 Å². The summed E-state index contributed by atoms with van der Waals surface area (Å²) < 4.78 is 12.9. The van der Waals surface area contributed by atoms with Gasteiger partial charge in [-0.3, -0.25) is 4.79 Å². The number of hydrogen-bond acceptors (Lipinski definition) is 7. The molecule has 3 aromatic carbocycles. The van der Waals surface area contributed by atoms with Crippen LogP contribution in [0.4, 0.5) is 5.95 Å². The summed E-state index contributed by atoms with van der Waals surface area (Å²) in [5, 5.41) is 10.1. The molecule has 5 aromatic rings. The van der Waals surface area contributed by atoms with Crippen molar-refractivity contribution in [1.82, 2.24) is 24.5 Å². The third-order valence-electron chi connectivity index (χ3n) is 6.97. The van der Waals surface area contributed by atoms with Crippen LogP contribution in [0.2, 0.25) is 0 Å². The largest absolute Gasteiger partial charge is 0.454 e. The summed E-state index contributed by atoms with van der Waals surface area (Å²) in [4.78, 5) is 22.4. The lowest BCUT2D eigenvalue weighted by Gasteiger charge is -2.35. The van der Waals surface area contributed by atoms with Crippen molar-refractivity contribution in [3.05, 3.63) is 77.9 Å². The molecule has 0 atom stereocenters. The molecule has 4 heterocycles. The van der Waals surface area contributed by atoms with E-state index in [1.807, 2.05) is 45.7 Å². The number of aryl methyl sites for hydroxylation is 1. The van der Waals surface area contributed by atoms with E-state index in [4.69, 9.17) is 14.5 Å². The molecule has 7 rings (SSSR count). The molecule has 0 saturated carbocycles. The zero-order chi connectivity index (χ0) is 24.9. The number of rotatable bonds is 3. The maximum atomic E-state index is 13.2. The summed E-state index contributed by atoms with van der Waals surface area (Å²) in [6.07, 6.45) is 0. The minimum absolute atomic E-state index is 0.0145. The number of ether oxygens (including phenoxy) is 2. The first-order valence-corrected chi connectivity index (χ1v) is 12.3. The topological polar surface area (TPSA) is 85.1 Å². The molecule has 0 bridgehead atoms. The fourth-order valence-electron chi connectivity index (χ4n) is 5.07. The van der Waals surface area contributed by atoms with Crippen molar-refractivity contribution in [2.45, 2.75) is 6.92 Å². The second-order valence-electron chi connectivity index (χ2n) is 9.33. The summed E-state index contributed by atoms with van der Waals surface area (Å²) in [5.41, 5.74) is 4.38. The number of nitrogens with zero attached hydrogens (tertiary/aromatic N) is 6. The second-order valence-corrected chi connectivity index (χ2v) is 9.33. The standard InChI is InChI=1S/C28H24N6O3/c1-18-5-4-6-19(15-18)25-30-31-26-21-7-2-3-8-22(21)29-28(34(25)26)33-13-11-32(12-14-33)27(35)20-9-10-23-24(16-20)37-17-36-23/h2-10,15-16H,11-14,17H2,1H3. The monoisotopic (exact) mass is 492 g/mol. The predicted molar refractivity (Wildman–Crippen MR) is 139 cm³/mol. The molecule has 0 spiro atoms. The number of aromatic nitrogens is 4. The van der Waals surface area contributed by atoms with Crippen LogP contribution in [0.15, 0.2) is 66.7 Å². The van der Waals surface area contributed by atoms with Gasteiger partial charge in [0.15, 0.2) is 23.0 Å². The third kappa shape index (κ3) is 3.62. The molecule has 1 saturated heterocycles. The van der Waals surface area contributed by atoms with Gasteiger partial charge in [0.2, 0.25) is 12.7 Å². The van der Waals surface area contributed by atoms with E-state index in [9.17, 15) is 4.79 Å². The van der Waals surface area contributed by atoms with E-state index in [-0.39, 0.29) is 12.7 Å². The predicted octanol–water partition coefficient (Wildman–Crippen LogP) is 3.94. The van der Waals surface area contributed by atoms with Gasteiger partial charge < -0.3 is 19.3 Å². The average Bonchev–Trinajstić information content (AvgIpc) is 3.60. The number of benzene rings is 3. The van der Waals surface area contributed by atoms with E-state index in [0.29, 0.717) is 43.2 Å². The molecule has 1 amide bonds. The van der Waals surface area contributed by atoms with Gasteiger partial charge in [0, 0.05) is 42.7 Å². The molecule has 184 valence electrons. The van der Waals surface area contributed by atoms with Gasteiger partial charge >= 0.3 is 0 Å². The maximum absolute atomic E-state index is 13.2. The Morgan fingerprint density at radius 1 is 0.865 bits per heavy atom. The van der Waals surface area contributed by atoms with E-state index in [0.717, 1.165) is 39.4 Å². The van der Waals surface area contributed by atoms with Gasteiger partial charge in [-0.1, -0.05) is 35.9 Å². The van der Waals surface area contributed by atoms with Crippen molar-refractivity contribution in [2.24, 2.45) is 0 Å². The van der Waals surface area contributed by atoms with Gasteiger partial charge in [-0.15, -0.1) is 10.2 Å². The lowest BCUT2D eigenvalue weighted by molar-refractivity contribution is 0.0745. The van der Waals surface area contributed by atoms with Gasteiger partial charge in [0.1, 0.15) is 0 Å². The molecule has 1 fully saturated rings. The summed E-state index contributed by atoms with van der Waals surface area (Å²) in [5.74, 6) is 2.81. The number of hydrogen-bond donors (Lipinski definition) is 0. The van der Waals surface area contributed by atoms with Crippen molar-refractivity contribution < 1.29 is 14.3 Å². The summed E-state index contributed by atoms with van der Waals surface area (Å²) in [7, 11) is 0. The smallest absolute Gasteiger partial charge is 0.254 e. The van der Waals surface area contributed by atoms with E-state index < -0.39 is 0 Å². The molecule has 0 N–H and O–H groups in total. The number of anilines is 1. The minimum Gasteiger partial charge on any atom is -0.454 e. The maximum Gasteiger partial charge on any atom is 0.254 e. The first-order valence-electron chi connectivity index (χ1n) is 12.3. The first kappa shape index (κ1) is 21.6. The van der Waals surface area contributed by atoms with Crippen LogP contribution in [0.5, 0.6) is 11.5 Å². The number of fused-ring (bicyclic) bond motifs is 4. The molecule has 9 nitrogen and oxygen atoms in total. The van der Waals surface area contributed by atoms with Gasteiger partial charge in [0.05, 0.1) is 5.52 Å². The minimum atomic E-state index is -0.0145. The van der Waals surface area contributed by atoms with Crippen molar-refractivity contribution in [1.29, 1.82) is 0 Å². The fourth-order valence-corrected chi connectivity index (χ4v) is 5.07. The summed E-state index contributed by atoms with van der Waals surface area (Å²) >= 11 is 0. The highest BCUT2D eigenvalue weighted by molar-refractivity contribution is 5.95. The summed E-state index contributed by atoms with van der Waals surface area (Å²) in [6.45, 7) is 4.69. The molecule has 37 heavy (non-hydrogen) atoms. The lowest BCUT2D eigenvalue weighted by Crippen LogP contribution is -2.49. The summed E-state index contributed by atoms with van der Waals surface area (Å²) in [6, 6.07) is 21.6. The molecular formula is C28H24N6O3. The van der Waals surface area contributed by atoms with Gasteiger partial charge in [-0.2, -0.15) is 0 Å². The highest BCUT2D eigenvalue weighted by atomic mass is 16.7. The van der Waals surface area contributed by atoms with Crippen molar-refractivity contribution in [2.75, 3.05) is 37.9 Å². The lowest BCUT2D eigenvalue weighted by atomic mass is 10.1. The van der Waals surface area contributed by atoms with E-state index in [2.05, 4.69) is 34.2 Å². The van der Waals surface area contributed by atoms with Gasteiger partial charge in [-0.25, -0.2) is 9.38 Å². The molecule has 2 aliphatic rings. The number of para-hydroxylation sites is 1. The van der Waals surface area contributed by atoms with Crippen LogP contribution in [0.1, 0.15) is 15.9 Å². The van der Waals surface area contributed by atoms with Crippen molar-refractivity contribution >= 4 is 28.4 Å². The average molecular weight is 493 g/mol. The Balaban J connectivity index is 1.23. The van der Waals surface area contributed by atoms with E-state index >= 15 is 0 Å². The zero-order valence-electron chi connectivity index (χ0n) is 20.3. The first-order chi connectivity index (χ1) is 18.2. The molecule has 2 aliphatic heterocycles. The van der Waals surface area contributed by atoms with Gasteiger partial charge in [-0.05, 0) is 43.3 Å².